The zero-order chi connectivity index (χ0) is 13.5. The largest absolute Gasteiger partial charge is 0.375 e. The van der Waals surface area contributed by atoms with Gasteiger partial charge < -0.3 is 10.4 Å². The van der Waals surface area contributed by atoms with Crippen molar-refractivity contribution in [2.24, 2.45) is 0 Å². The molecule has 0 bridgehead atoms. The zero-order valence-electron chi connectivity index (χ0n) is 9.93. The summed E-state index contributed by atoms with van der Waals surface area (Å²) in [4.78, 5) is 15.9. The molecular weight excluding hydrogens is 264 g/mol. The average Bonchev–Trinajstić information content (AvgIpc) is 2.65. The van der Waals surface area contributed by atoms with E-state index in [0.717, 1.165) is 0 Å². The van der Waals surface area contributed by atoms with Gasteiger partial charge in [-0.2, -0.15) is 0 Å². The van der Waals surface area contributed by atoms with Crippen molar-refractivity contribution in [3.8, 4) is 0 Å². The number of nitrogens with zero attached hydrogens (tertiary/aromatic N) is 1. The second-order valence-electron chi connectivity index (χ2n) is 4.50. The van der Waals surface area contributed by atoms with E-state index in [4.69, 9.17) is 11.6 Å². The summed E-state index contributed by atoms with van der Waals surface area (Å²) >= 11 is 6.03. The number of amides is 1. The van der Waals surface area contributed by atoms with Gasteiger partial charge in [0.25, 0.3) is 5.91 Å². The van der Waals surface area contributed by atoms with Crippen LogP contribution in [0.25, 0.3) is 0 Å². The highest BCUT2D eigenvalue weighted by atomic mass is 35.5. The van der Waals surface area contributed by atoms with Gasteiger partial charge in [-0.25, -0.2) is 0 Å². The van der Waals surface area contributed by atoms with E-state index in [1.807, 2.05) is 6.07 Å². The van der Waals surface area contributed by atoms with Crippen LogP contribution in [0.3, 0.4) is 0 Å². The monoisotopic (exact) mass is 274 g/mol. The van der Waals surface area contributed by atoms with Gasteiger partial charge in [0.05, 0.1) is 5.02 Å². The van der Waals surface area contributed by atoms with Gasteiger partial charge in [-0.05, 0) is 17.7 Å². The highest BCUT2D eigenvalue weighted by Crippen LogP contribution is 2.38. The van der Waals surface area contributed by atoms with Gasteiger partial charge in [0, 0.05) is 30.1 Å². The van der Waals surface area contributed by atoms with Crippen molar-refractivity contribution in [1.29, 1.82) is 0 Å². The number of pyridine rings is 1. The number of hydrogen-bond acceptors (Lipinski definition) is 3. The molecule has 0 spiro atoms. The highest BCUT2D eigenvalue weighted by molar-refractivity contribution is 6.31. The summed E-state index contributed by atoms with van der Waals surface area (Å²) in [6.45, 7) is 0. The van der Waals surface area contributed by atoms with Crippen LogP contribution in [0, 0.1) is 0 Å². The van der Waals surface area contributed by atoms with Crippen LogP contribution in [0.2, 0.25) is 5.02 Å². The number of para-hydroxylation sites is 1. The van der Waals surface area contributed by atoms with E-state index in [9.17, 15) is 9.90 Å². The Kier molecular flexibility index (Phi) is 2.77. The summed E-state index contributed by atoms with van der Waals surface area (Å²) in [5.41, 5.74) is 0.320. The normalized spacial score (nSPS) is 21.1. The lowest BCUT2D eigenvalue weighted by atomic mass is 9.89. The SMILES string of the molecule is O=C1Nc2ccccc2C1(O)Cc1ccncc1Cl. The molecule has 0 saturated heterocycles. The summed E-state index contributed by atoms with van der Waals surface area (Å²) in [5.74, 6) is -0.429. The van der Waals surface area contributed by atoms with Crippen molar-refractivity contribution >= 4 is 23.2 Å². The van der Waals surface area contributed by atoms with Gasteiger partial charge >= 0.3 is 0 Å². The van der Waals surface area contributed by atoms with Crippen molar-refractivity contribution in [1.82, 2.24) is 4.98 Å². The molecule has 2 heterocycles. The maximum absolute atomic E-state index is 12.0. The topological polar surface area (TPSA) is 62.2 Å². The van der Waals surface area contributed by atoms with Gasteiger partial charge in [0.15, 0.2) is 5.60 Å². The highest BCUT2D eigenvalue weighted by Gasteiger charge is 2.45. The first-order valence-corrected chi connectivity index (χ1v) is 6.21. The quantitative estimate of drug-likeness (QED) is 0.882. The summed E-state index contributed by atoms with van der Waals surface area (Å²) < 4.78 is 0. The van der Waals surface area contributed by atoms with Crippen molar-refractivity contribution in [2.45, 2.75) is 12.0 Å². The fourth-order valence-corrected chi connectivity index (χ4v) is 2.49. The number of aliphatic hydroxyl groups is 1. The Bertz CT molecular complexity index is 659. The van der Waals surface area contributed by atoms with Crippen LogP contribution in [-0.4, -0.2) is 16.0 Å². The molecule has 0 saturated carbocycles. The Morgan fingerprint density at radius 2 is 2.11 bits per heavy atom. The molecule has 0 aliphatic carbocycles. The summed E-state index contributed by atoms with van der Waals surface area (Å²) in [6.07, 6.45) is 3.21. The smallest absolute Gasteiger partial charge is 0.261 e. The van der Waals surface area contributed by atoms with Crippen molar-refractivity contribution < 1.29 is 9.90 Å². The molecule has 2 N–H and O–H groups in total. The van der Waals surface area contributed by atoms with Crippen LogP contribution in [-0.2, 0) is 16.8 Å². The number of fused-ring (bicyclic) bond motifs is 1. The van der Waals surface area contributed by atoms with E-state index in [2.05, 4.69) is 10.3 Å². The van der Waals surface area contributed by atoms with Crippen LogP contribution < -0.4 is 5.32 Å². The number of benzene rings is 1. The van der Waals surface area contributed by atoms with E-state index in [0.29, 0.717) is 21.8 Å². The van der Waals surface area contributed by atoms with Crippen LogP contribution in [0.4, 0.5) is 5.69 Å². The van der Waals surface area contributed by atoms with Gasteiger partial charge in [0.1, 0.15) is 0 Å². The predicted octanol–water partition coefficient (Wildman–Crippen LogP) is 2.12. The Morgan fingerprint density at radius 1 is 1.32 bits per heavy atom. The molecule has 1 unspecified atom stereocenters. The number of anilines is 1. The number of nitrogens with one attached hydrogen (secondary N) is 1. The van der Waals surface area contributed by atoms with Crippen LogP contribution in [0.5, 0.6) is 0 Å². The number of hydrogen-bond donors (Lipinski definition) is 2. The zero-order valence-corrected chi connectivity index (χ0v) is 10.7. The molecule has 2 aromatic rings. The molecule has 1 atom stereocenters. The first kappa shape index (κ1) is 12.1. The lowest BCUT2D eigenvalue weighted by molar-refractivity contribution is -0.133. The van der Waals surface area contributed by atoms with E-state index in [1.54, 1.807) is 30.5 Å². The molecule has 1 aromatic carbocycles. The minimum absolute atomic E-state index is 0.122. The number of carbonyl (C=O) groups is 1. The molecule has 3 rings (SSSR count). The van der Waals surface area contributed by atoms with Gasteiger partial charge in [0.2, 0.25) is 0 Å². The van der Waals surface area contributed by atoms with Gasteiger partial charge in [-0.1, -0.05) is 29.8 Å². The van der Waals surface area contributed by atoms with Crippen LogP contribution in [0.1, 0.15) is 11.1 Å². The number of halogens is 1. The lowest BCUT2D eigenvalue weighted by Gasteiger charge is -2.21. The number of carbonyl (C=O) groups excluding carboxylic acids is 1. The van der Waals surface area contributed by atoms with Crippen molar-refractivity contribution in [3.05, 3.63) is 58.9 Å². The second kappa shape index (κ2) is 4.33. The minimum Gasteiger partial charge on any atom is -0.375 e. The minimum atomic E-state index is -1.58. The second-order valence-corrected chi connectivity index (χ2v) is 4.91. The molecule has 4 nitrogen and oxygen atoms in total. The van der Waals surface area contributed by atoms with Crippen LogP contribution >= 0.6 is 11.6 Å². The molecule has 1 aromatic heterocycles. The molecule has 1 aliphatic rings. The summed E-state index contributed by atoms with van der Waals surface area (Å²) in [6, 6.07) is 8.80. The molecular formula is C14H11ClN2O2. The molecule has 0 fully saturated rings. The van der Waals surface area contributed by atoms with E-state index in [-0.39, 0.29) is 6.42 Å². The molecule has 0 radical (unpaired) electrons. The van der Waals surface area contributed by atoms with E-state index < -0.39 is 11.5 Å². The fraction of sp³-hybridized carbons (Fsp3) is 0.143. The molecule has 19 heavy (non-hydrogen) atoms. The van der Waals surface area contributed by atoms with Crippen molar-refractivity contribution in [2.75, 3.05) is 5.32 Å². The number of rotatable bonds is 2. The average molecular weight is 275 g/mol. The first-order chi connectivity index (χ1) is 9.11. The van der Waals surface area contributed by atoms with E-state index in [1.165, 1.54) is 6.20 Å². The lowest BCUT2D eigenvalue weighted by Crippen LogP contribution is -2.36. The molecule has 5 heteroatoms. The predicted molar refractivity (Wildman–Crippen MR) is 71.9 cm³/mol. The van der Waals surface area contributed by atoms with E-state index >= 15 is 0 Å². The molecule has 1 aliphatic heterocycles. The van der Waals surface area contributed by atoms with Gasteiger partial charge in [-0.3, -0.25) is 9.78 Å². The first-order valence-electron chi connectivity index (χ1n) is 5.83. The van der Waals surface area contributed by atoms with Crippen LogP contribution in [0.15, 0.2) is 42.7 Å². The third-order valence-electron chi connectivity index (χ3n) is 3.30. The molecule has 96 valence electrons. The summed E-state index contributed by atoms with van der Waals surface area (Å²) in [5, 5.41) is 13.8. The molecule has 1 amide bonds. The summed E-state index contributed by atoms with van der Waals surface area (Å²) in [7, 11) is 0. The Balaban J connectivity index is 2.04. The Labute approximate surface area is 115 Å². The third-order valence-corrected chi connectivity index (χ3v) is 3.64. The standard InChI is InChI=1S/C14H11ClN2O2/c15-11-8-16-6-5-9(11)7-14(19)10-3-1-2-4-12(10)17-13(14)18/h1-6,8,19H,7H2,(H,17,18). The third kappa shape index (κ3) is 1.89. The maximum Gasteiger partial charge on any atom is 0.261 e. The number of aromatic nitrogens is 1. The maximum atomic E-state index is 12.0. The van der Waals surface area contributed by atoms with Gasteiger partial charge in [-0.15, -0.1) is 0 Å². The van der Waals surface area contributed by atoms with Crippen molar-refractivity contribution in [3.63, 3.8) is 0 Å². The fourth-order valence-electron chi connectivity index (χ4n) is 2.30. The Hall–Kier alpha value is -1.91. The Morgan fingerprint density at radius 3 is 2.89 bits per heavy atom.